The zero-order chi connectivity index (χ0) is 15.4. The Morgan fingerprint density at radius 2 is 1.95 bits per heavy atom. The fraction of sp³-hybridized carbons (Fsp3) is 0.250. The van der Waals surface area contributed by atoms with Crippen molar-refractivity contribution in [3.8, 4) is 5.75 Å². The molecular formula is C16H16ClF2NO. The summed E-state index contributed by atoms with van der Waals surface area (Å²) in [7, 11) is 1.40. The average Bonchev–Trinajstić information content (AvgIpc) is 2.46. The number of hydrogen-bond donors (Lipinski definition) is 1. The average molecular weight is 312 g/mol. The van der Waals surface area contributed by atoms with Crippen LogP contribution >= 0.6 is 11.6 Å². The van der Waals surface area contributed by atoms with Crippen LogP contribution in [0.2, 0.25) is 5.02 Å². The van der Waals surface area contributed by atoms with Crippen LogP contribution in [0.4, 0.5) is 8.78 Å². The van der Waals surface area contributed by atoms with E-state index < -0.39 is 17.7 Å². The van der Waals surface area contributed by atoms with Gasteiger partial charge in [-0.1, -0.05) is 30.7 Å². The molecule has 1 N–H and O–H groups in total. The normalized spacial score (nSPS) is 12.2. The first kappa shape index (κ1) is 15.7. The Labute approximate surface area is 127 Å². The van der Waals surface area contributed by atoms with E-state index in [1.54, 1.807) is 18.2 Å². The molecule has 0 amide bonds. The predicted molar refractivity (Wildman–Crippen MR) is 79.9 cm³/mol. The van der Waals surface area contributed by atoms with Crippen molar-refractivity contribution in [2.45, 2.75) is 13.0 Å². The first-order valence-electron chi connectivity index (χ1n) is 6.59. The number of hydrogen-bond acceptors (Lipinski definition) is 2. The largest absolute Gasteiger partial charge is 0.494 e. The molecule has 2 rings (SSSR count). The van der Waals surface area contributed by atoms with Crippen molar-refractivity contribution in [3.63, 3.8) is 0 Å². The molecular weight excluding hydrogens is 296 g/mol. The summed E-state index contributed by atoms with van der Waals surface area (Å²) in [4.78, 5) is 0. The minimum Gasteiger partial charge on any atom is -0.494 e. The third-order valence-electron chi connectivity index (χ3n) is 3.21. The fourth-order valence-corrected chi connectivity index (χ4v) is 2.51. The highest BCUT2D eigenvalue weighted by atomic mass is 35.5. The minimum atomic E-state index is -0.524. The Balaban J connectivity index is 2.51. The number of nitrogens with one attached hydrogen (secondary N) is 1. The van der Waals surface area contributed by atoms with E-state index in [0.29, 0.717) is 22.7 Å². The molecule has 0 aliphatic rings. The van der Waals surface area contributed by atoms with Gasteiger partial charge in [-0.3, -0.25) is 0 Å². The van der Waals surface area contributed by atoms with Gasteiger partial charge in [0, 0.05) is 10.6 Å². The Morgan fingerprint density at radius 3 is 2.52 bits per heavy atom. The molecule has 5 heteroatoms. The highest BCUT2D eigenvalue weighted by molar-refractivity contribution is 6.31. The van der Waals surface area contributed by atoms with Crippen LogP contribution in [0.15, 0.2) is 36.4 Å². The van der Waals surface area contributed by atoms with E-state index in [2.05, 4.69) is 5.32 Å². The van der Waals surface area contributed by atoms with Gasteiger partial charge in [-0.2, -0.15) is 0 Å². The van der Waals surface area contributed by atoms with E-state index in [0.717, 1.165) is 0 Å². The molecule has 2 aromatic rings. The minimum absolute atomic E-state index is 0.147. The molecule has 0 saturated carbocycles. The van der Waals surface area contributed by atoms with E-state index in [9.17, 15) is 8.78 Å². The van der Waals surface area contributed by atoms with Crippen LogP contribution in [-0.4, -0.2) is 13.7 Å². The molecule has 2 aromatic carbocycles. The van der Waals surface area contributed by atoms with Crippen LogP contribution in [0, 0.1) is 11.6 Å². The highest BCUT2D eigenvalue weighted by Gasteiger charge is 2.21. The molecule has 21 heavy (non-hydrogen) atoms. The van der Waals surface area contributed by atoms with Crippen LogP contribution in [0.25, 0.3) is 0 Å². The summed E-state index contributed by atoms with van der Waals surface area (Å²) in [6, 6.07) is 8.51. The van der Waals surface area contributed by atoms with Gasteiger partial charge in [0.05, 0.1) is 13.2 Å². The second-order valence-electron chi connectivity index (χ2n) is 4.52. The van der Waals surface area contributed by atoms with Crippen molar-refractivity contribution in [2.24, 2.45) is 0 Å². The molecule has 0 aliphatic carbocycles. The van der Waals surface area contributed by atoms with E-state index >= 15 is 0 Å². The van der Waals surface area contributed by atoms with Gasteiger partial charge in [0.2, 0.25) is 0 Å². The third-order valence-corrected chi connectivity index (χ3v) is 3.54. The van der Waals surface area contributed by atoms with Crippen molar-refractivity contribution >= 4 is 11.6 Å². The quantitative estimate of drug-likeness (QED) is 0.887. The van der Waals surface area contributed by atoms with Gasteiger partial charge in [-0.15, -0.1) is 0 Å². The monoisotopic (exact) mass is 311 g/mol. The SMILES string of the molecule is CCNC(c1ccc(OC)c(F)c1)c1c(F)cccc1Cl. The Hall–Kier alpha value is -1.65. The van der Waals surface area contributed by atoms with Crippen molar-refractivity contribution in [1.29, 1.82) is 0 Å². The molecule has 0 radical (unpaired) electrons. The highest BCUT2D eigenvalue weighted by Crippen LogP contribution is 2.32. The van der Waals surface area contributed by atoms with Crippen molar-refractivity contribution in [2.75, 3.05) is 13.7 Å². The summed E-state index contributed by atoms with van der Waals surface area (Å²) < 4.78 is 32.9. The predicted octanol–water partition coefficient (Wildman–Crippen LogP) is 4.33. The van der Waals surface area contributed by atoms with Crippen LogP contribution in [0.1, 0.15) is 24.1 Å². The summed E-state index contributed by atoms with van der Waals surface area (Å²) in [5, 5.41) is 3.43. The van der Waals surface area contributed by atoms with Gasteiger partial charge in [-0.25, -0.2) is 8.78 Å². The number of halogens is 3. The summed E-state index contributed by atoms with van der Waals surface area (Å²) in [5.41, 5.74) is 0.896. The summed E-state index contributed by atoms with van der Waals surface area (Å²) in [5.74, 6) is -0.774. The van der Waals surface area contributed by atoms with Gasteiger partial charge >= 0.3 is 0 Å². The Morgan fingerprint density at radius 1 is 1.19 bits per heavy atom. The molecule has 0 saturated heterocycles. The molecule has 0 bridgehead atoms. The maximum Gasteiger partial charge on any atom is 0.165 e. The molecule has 0 aromatic heterocycles. The van der Waals surface area contributed by atoms with Gasteiger partial charge < -0.3 is 10.1 Å². The number of methoxy groups -OCH3 is 1. The molecule has 0 fully saturated rings. The van der Waals surface area contributed by atoms with Crippen molar-refractivity contribution < 1.29 is 13.5 Å². The van der Waals surface area contributed by atoms with Gasteiger partial charge in [-0.05, 0) is 36.4 Å². The summed E-state index contributed by atoms with van der Waals surface area (Å²) in [6.07, 6.45) is 0. The summed E-state index contributed by atoms with van der Waals surface area (Å²) >= 11 is 6.11. The Kier molecular flexibility index (Phi) is 5.15. The lowest BCUT2D eigenvalue weighted by Gasteiger charge is -2.21. The number of ether oxygens (including phenoxy) is 1. The topological polar surface area (TPSA) is 21.3 Å². The van der Waals surface area contributed by atoms with Crippen LogP contribution in [-0.2, 0) is 0 Å². The maximum atomic E-state index is 14.1. The first-order valence-corrected chi connectivity index (χ1v) is 6.97. The van der Waals surface area contributed by atoms with Gasteiger partial charge in [0.1, 0.15) is 5.82 Å². The van der Waals surface area contributed by atoms with Crippen LogP contribution in [0.3, 0.4) is 0 Å². The zero-order valence-electron chi connectivity index (χ0n) is 11.8. The standard InChI is InChI=1S/C16H16ClF2NO/c1-3-20-16(15-11(17)5-4-6-12(15)18)10-7-8-14(21-2)13(19)9-10/h4-9,16,20H,3H2,1-2H3. The third kappa shape index (κ3) is 3.34. The van der Waals surface area contributed by atoms with Crippen LogP contribution < -0.4 is 10.1 Å². The molecule has 0 heterocycles. The maximum absolute atomic E-state index is 14.1. The van der Waals surface area contributed by atoms with E-state index in [4.69, 9.17) is 16.3 Å². The zero-order valence-corrected chi connectivity index (χ0v) is 12.5. The molecule has 112 valence electrons. The van der Waals surface area contributed by atoms with Crippen molar-refractivity contribution in [1.82, 2.24) is 5.32 Å². The molecule has 2 nitrogen and oxygen atoms in total. The lowest BCUT2D eigenvalue weighted by Crippen LogP contribution is -2.23. The van der Waals surface area contributed by atoms with Crippen LogP contribution in [0.5, 0.6) is 5.75 Å². The lowest BCUT2D eigenvalue weighted by molar-refractivity contribution is 0.385. The lowest BCUT2D eigenvalue weighted by atomic mass is 9.97. The summed E-state index contributed by atoms with van der Waals surface area (Å²) in [6.45, 7) is 2.48. The van der Waals surface area contributed by atoms with Crippen molar-refractivity contribution in [3.05, 3.63) is 64.2 Å². The second kappa shape index (κ2) is 6.87. The second-order valence-corrected chi connectivity index (χ2v) is 4.93. The van der Waals surface area contributed by atoms with E-state index in [-0.39, 0.29) is 5.75 Å². The van der Waals surface area contributed by atoms with E-state index in [1.165, 1.54) is 25.3 Å². The number of benzene rings is 2. The molecule has 1 unspecified atom stereocenters. The fourth-order valence-electron chi connectivity index (χ4n) is 2.24. The number of rotatable bonds is 5. The van der Waals surface area contributed by atoms with Gasteiger partial charge in [0.25, 0.3) is 0 Å². The molecule has 1 atom stereocenters. The first-order chi connectivity index (χ1) is 10.1. The smallest absolute Gasteiger partial charge is 0.165 e. The molecule has 0 spiro atoms. The molecule has 0 aliphatic heterocycles. The Bertz CT molecular complexity index is 613. The van der Waals surface area contributed by atoms with Gasteiger partial charge in [0.15, 0.2) is 11.6 Å². The van der Waals surface area contributed by atoms with E-state index in [1.807, 2.05) is 6.92 Å².